The molecule has 1 heterocycles. The van der Waals surface area contributed by atoms with Crippen molar-refractivity contribution in [1.29, 1.82) is 0 Å². The Balaban J connectivity index is 2.89. The molecule has 11 heavy (non-hydrogen) atoms. The molecular weight excluding hydrogens is 164 g/mol. The molecule has 5 heteroatoms. The lowest BCUT2D eigenvalue weighted by molar-refractivity contribution is 1.12. The molecule has 0 aromatic carbocycles. The number of hydrogen-bond acceptors (Lipinski definition) is 4. The van der Waals surface area contributed by atoms with E-state index >= 15 is 0 Å². The Morgan fingerprint density at radius 1 is 1.64 bits per heavy atom. The van der Waals surface area contributed by atoms with Gasteiger partial charge in [0.05, 0.1) is 0 Å². The van der Waals surface area contributed by atoms with Crippen molar-refractivity contribution in [3.05, 3.63) is 11.2 Å². The highest BCUT2D eigenvalue weighted by Crippen LogP contribution is 2.11. The fraction of sp³-hybridized carbons (Fsp3) is 0.333. The van der Waals surface area contributed by atoms with Gasteiger partial charge >= 0.3 is 0 Å². The lowest BCUT2D eigenvalue weighted by Crippen LogP contribution is -2.02. The molecule has 0 unspecified atom stereocenters. The Labute approximate surface area is 69.8 Å². The second-order valence-corrected chi connectivity index (χ2v) is 2.35. The van der Waals surface area contributed by atoms with Gasteiger partial charge in [0.15, 0.2) is 0 Å². The molecule has 0 spiro atoms. The van der Waals surface area contributed by atoms with Gasteiger partial charge in [0, 0.05) is 12.6 Å². The van der Waals surface area contributed by atoms with Crippen LogP contribution in [0.25, 0.3) is 0 Å². The Morgan fingerprint density at radius 3 is 2.91 bits per heavy atom. The Hall–Kier alpha value is -1.03. The fourth-order valence-corrected chi connectivity index (χ4v) is 0.897. The number of anilines is 2. The van der Waals surface area contributed by atoms with E-state index in [-0.39, 0.29) is 5.95 Å². The number of halogens is 1. The van der Waals surface area contributed by atoms with Crippen LogP contribution in [0, 0.1) is 0 Å². The number of nitrogens with two attached hydrogens (primary N) is 1. The van der Waals surface area contributed by atoms with Crippen molar-refractivity contribution in [3.63, 3.8) is 0 Å². The van der Waals surface area contributed by atoms with Gasteiger partial charge in [0.2, 0.25) is 5.95 Å². The summed E-state index contributed by atoms with van der Waals surface area (Å²) in [6, 6.07) is 1.63. The van der Waals surface area contributed by atoms with Crippen molar-refractivity contribution in [1.82, 2.24) is 9.97 Å². The summed E-state index contributed by atoms with van der Waals surface area (Å²) in [5, 5.41) is 3.33. The molecule has 0 saturated heterocycles. The van der Waals surface area contributed by atoms with Crippen LogP contribution >= 0.6 is 11.6 Å². The van der Waals surface area contributed by atoms with Crippen LogP contribution in [-0.4, -0.2) is 16.5 Å². The van der Waals surface area contributed by atoms with Crippen molar-refractivity contribution in [2.75, 3.05) is 17.6 Å². The Morgan fingerprint density at radius 2 is 2.36 bits per heavy atom. The zero-order chi connectivity index (χ0) is 8.27. The van der Waals surface area contributed by atoms with Gasteiger partial charge in [-0.05, 0) is 6.92 Å². The first kappa shape index (κ1) is 8.07. The van der Waals surface area contributed by atoms with E-state index in [1.54, 1.807) is 6.07 Å². The third-order valence-electron chi connectivity index (χ3n) is 1.07. The van der Waals surface area contributed by atoms with E-state index in [9.17, 15) is 0 Å². The van der Waals surface area contributed by atoms with Crippen molar-refractivity contribution < 1.29 is 0 Å². The number of rotatable bonds is 2. The topological polar surface area (TPSA) is 63.8 Å². The third kappa shape index (κ3) is 2.23. The van der Waals surface area contributed by atoms with Gasteiger partial charge in [-0.3, -0.25) is 0 Å². The zero-order valence-corrected chi connectivity index (χ0v) is 6.89. The van der Waals surface area contributed by atoms with E-state index in [0.29, 0.717) is 11.0 Å². The van der Waals surface area contributed by atoms with Crippen LogP contribution in [-0.2, 0) is 0 Å². The average Bonchev–Trinajstić information content (AvgIpc) is 1.85. The molecule has 1 rings (SSSR count). The molecule has 0 aliphatic carbocycles. The Bertz CT molecular complexity index is 230. The Kier molecular flexibility index (Phi) is 2.48. The molecule has 60 valence electrons. The van der Waals surface area contributed by atoms with E-state index in [0.717, 1.165) is 6.54 Å². The molecule has 4 nitrogen and oxygen atoms in total. The van der Waals surface area contributed by atoms with Crippen LogP contribution in [0.5, 0.6) is 0 Å². The summed E-state index contributed by atoms with van der Waals surface area (Å²) in [6.07, 6.45) is 0. The number of nitrogens with one attached hydrogen (secondary N) is 1. The molecular formula is C6H9ClN4. The van der Waals surface area contributed by atoms with E-state index in [1.807, 2.05) is 6.92 Å². The minimum Gasteiger partial charge on any atom is -0.370 e. The van der Waals surface area contributed by atoms with E-state index in [1.165, 1.54) is 0 Å². The lowest BCUT2D eigenvalue weighted by Gasteiger charge is -2.01. The average molecular weight is 173 g/mol. The molecule has 1 aromatic heterocycles. The zero-order valence-electron chi connectivity index (χ0n) is 6.13. The maximum Gasteiger partial charge on any atom is 0.223 e. The fourth-order valence-electron chi connectivity index (χ4n) is 0.707. The van der Waals surface area contributed by atoms with Crippen LogP contribution in [0.1, 0.15) is 6.92 Å². The lowest BCUT2D eigenvalue weighted by atomic mass is 10.5. The molecule has 0 saturated carbocycles. The minimum absolute atomic E-state index is 0.188. The number of nitrogen functional groups attached to an aromatic ring is 1. The smallest absolute Gasteiger partial charge is 0.223 e. The number of nitrogens with zero attached hydrogens (tertiary/aromatic N) is 2. The normalized spacial score (nSPS) is 9.64. The molecule has 0 bridgehead atoms. The SMILES string of the molecule is CCNc1cc(Cl)nc(N)n1. The quantitative estimate of drug-likeness (QED) is 0.657. The van der Waals surface area contributed by atoms with Gasteiger partial charge in [0.25, 0.3) is 0 Å². The highest BCUT2D eigenvalue weighted by molar-refractivity contribution is 6.29. The summed E-state index contributed by atoms with van der Waals surface area (Å²) < 4.78 is 0. The second kappa shape index (κ2) is 3.39. The molecule has 0 fully saturated rings. The molecule has 0 aliphatic heterocycles. The van der Waals surface area contributed by atoms with Crippen LogP contribution in [0.3, 0.4) is 0 Å². The predicted octanol–water partition coefficient (Wildman–Crippen LogP) is 1.14. The van der Waals surface area contributed by atoms with Gasteiger partial charge < -0.3 is 11.1 Å². The molecule has 0 atom stereocenters. The van der Waals surface area contributed by atoms with Crippen molar-refractivity contribution in [2.24, 2.45) is 0 Å². The van der Waals surface area contributed by atoms with Crippen LogP contribution < -0.4 is 11.1 Å². The highest BCUT2D eigenvalue weighted by Gasteiger charge is 1.97. The molecule has 0 aliphatic rings. The van der Waals surface area contributed by atoms with E-state index in [2.05, 4.69) is 15.3 Å². The summed E-state index contributed by atoms with van der Waals surface area (Å²) in [4.78, 5) is 7.60. The second-order valence-electron chi connectivity index (χ2n) is 1.96. The molecule has 3 N–H and O–H groups in total. The molecule has 0 radical (unpaired) electrons. The van der Waals surface area contributed by atoms with Gasteiger partial charge in [-0.15, -0.1) is 0 Å². The molecule has 1 aromatic rings. The van der Waals surface area contributed by atoms with Gasteiger partial charge in [-0.2, -0.15) is 4.98 Å². The van der Waals surface area contributed by atoms with Crippen LogP contribution in [0.15, 0.2) is 6.07 Å². The summed E-state index contributed by atoms with van der Waals surface area (Å²) in [5.74, 6) is 0.846. The summed E-state index contributed by atoms with van der Waals surface area (Å²) in [7, 11) is 0. The predicted molar refractivity (Wildman–Crippen MR) is 45.6 cm³/mol. The summed E-state index contributed by atoms with van der Waals surface area (Å²) >= 11 is 5.61. The van der Waals surface area contributed by atoms with Crippen LogP contribution in [0.4, 0.5) is 11.8 Å². The maximum atomic E-state index is 5.61. The van der Waals surface area contributed by atoms with Crippen molar-refractivity contribution in [3.8, 4) is 0 Å². The first-order valence-corrected chi connectivity index (χ1v) is 3.64. The summed E-state index contributed by atoms with van der Waals surface area (Å²) in [6.45, 7) is 2.75. The van der Waals surface area contributed by atoms with Crippen LogP contribution in [0.2, 0.25) is 5.15 Å². The van der Waals surface area contributed by atoms with Gasteiger partial charge in [-0.1, -0.05) is 11.6 Å². The van der Waals surface area contributed by atoms with E-state index in [4.69, 9.17) is 17.3 Å². The monoisotopic (exact) mass is 172 g/mol. The molecule has 0 amide bonds. The number of hydrogen-bond donors (Lipinski definition) is 2. The third-order valence-corrected chi connectivity index (χ3v) is 1.26. The number of aromatic nitrogens is 2. The van der Waals surface area contributed by atoms with Crippen molar-refractivity contribution in [2.45, 2.75) is 6.92 Å². The first-order chi connectivity index (χ1) is 5.22. The van der Waals surface area contributed by atoms with Gasteiger partial charge in [-0.25, -0.2) is 4.98 Å². The largest absolute Gasteiger partial charge is 0.370 e. The first-order valence-electron chi connectivity index (χ1n) is 3.26. The standard InChI is InChI=1S/C6H9ClN4/c1-2-9-5-3-4(7)10-6(8)11-5/h3H,2H2,1H3,(H3,8,9,10,11). The summed E-state index contributed by atoms with van der Waals surface area (Å²) in [5.41, 5.74) is 5.34. The van der Waals surface area contributed by atoms with E-state index < -0.39 is 0 Å². The highest BCUT2D eigenvalue weighted by atomic mass is 35.5. The van der Waals surface area contributed by atoms with Crippen molar-refractivity contribution >= 4 is 23.4 Å². The minimum atomic E-state index is 0.188. The van der Waals surface area contributed by atoms with Gasteiger partial charge in [0.1, 0.15) is 11.0 Å². The maximum absolute atomic E-state index is 5.61.